The van der Waals surface area contributed by atoms with Crippen LogP contribution >= 0.6 is 0 Å². The van der Waals surface area contributed by atoms with E-state index in [9.17, 15) is 9.59 Å². The number of amides is 1. The molecule has 170 valence electrons. The van der Waals surface area contributed by atoms with Gasteiger partial charge in [0.1, 0.15) is 5.60 Å². The lowest BCUT2D eigenvalue weighted by Crippen LogP contribution is -2.42. The highest BCUT2D eigenvalue weighted by Gasteiger charge is 2.27. The molecule has 0 bridgehead atoms. The summed E-state index contributed by atoms with van der Waals surface area (Å²) in [6.07, 6.45) is 0.253. The summed E-state index contributed by atoms with van der Waals surface area (Å²) in [6.45, 7) is 7.35. The minimum Gasteiger partial charge on any atom is -0.466 e. The molecule has 1 amide bonds. The average Bonchev–Trinajstić information content (AvgIpc) is 2.73. The van der Waals surface area contributed by atoms with Gasteiger partial charge in [-0.3, -0.25) is 4.79 Å². The molecule has 2 unspecified atom stereocenters. The van der Waals surface area contributed by atoms with Crippen LogP contribution in [0.1, 0.15) is 46.1 Å². The number of carbonyl (C=O) groups excluding carboxylic acids is 2. The first-order valence-corrected chi connectivity index (χ1v) is 10.9. The Bertz CT molecular complexity index is 912. The summed E-state index contributed by atoms with van der Waals surface area (Å²) in [5, 5.41) is 12.0. The highest BCUT2D eigenvalue weighted by molar-refractivity contribution is 5.73. The van der Waals surface area contributed by atoms with Gasteiger partial charge in [-0.25, -0.2) is 4.79 Å². The van der Waals surface area contributed by atoms with Crippen molar-refractivity contribution in [3.63, 3.8) is 0 Å². The van der Waals surface area contributed by atoms with Crippen LogP contribution in [0.15, 0.2) is 54.6 Å². The molecular weight excluding hydrogens is 404 g/mol. The molecule has 2 atom stereocenters. The van der Waals surface area contributed by atoms with Gasteiger partial charge in [-0.15, -0.1) is 0 Å². The van der Waals surface area contributed by atoms with Gasteiger partial charge < -0.3 is 14.8 Å². The number of benzene rings is 2. The Morgan fingerprint density at radius 2 is 1.66 bits per heavy atom. The highest BCUT2D eigenvalue weighted by Crippen LogP contribution is 2.22. The maximum absolute atomic E-state index is 12.4. The zero-order valence-electron chi connectivity index (χ0n) is 19.3. The van der Waals surface area contributed by atoms with Crippen LogP contribution in [0.3, 0.4) is 0 Å². The molecule has 0 saturated carbocycles. The Morgan fingerprint density at radius 1 is 1.03 bits per heavy atom. The van der Waals surface area contributed by atoms with Gasteiger partial charge in [-0.1, -0.05) is 54.6 Å². The second kappa shape index (κ2) is 11.9. The van der Waals surface area contributed by atoms with Crippen LogP contribution in [0.2, 0.25) is 0 Å². The maximum atomic E-state index is 12.4. The molecule has 6 nitrogen and oxygen atoms in total. The Balaban J connectivity index is 2.18. The van der Waals surface area contributed by atoms with Crippen LogP contribution in [0.4, 0.5) is 4.79 Å². The molecule has 0 aliphatic heterocycles. The summed E-state index contributed by atoms with van der Waals surface area (Å²) in [4.78, 5) is 24.7. The molecule has 0 saturated heterocycles. The van der Waals surface area contributed by atoms with E-state index in [-0.39, 0.29) is 19.4 Å². The van der Waals surface area contributed by atoms with E-state index in [1.54, 1.807) is 27.7 Å². The van der Waals surface area contributed by atoms with Gasteiger partial charge in [0.05, 0.1) is 18.6 Å². The molecule has 6 heteroatoms. The van der Waals surface area contributed by atoms with Crippen molar-refractivity contribution in [2.75, 3.05) is 6.61 Å². The maximum Gasteiger partial charge on any atom is 0.407 e. The van der Waals surface area contributed by atoms with E-state index in [0.717, 1.165) is 16.7 Å². The van der Waals surface area contributed by atoms with Crippen molar-refractivity contribution >= 4 is 12.1 Å². The Morgan fingerprint density at radius 3 is 2.22 bits per heavy atom. The van der Waals surface area contributed by atoms with Crippen molar-refractivity contribution < 1.29 is 19.1 Å². The summed E-state index contributed by atoms with van der Waals surface area (Å²) < 4.78 is 10.5. The number of carbonyl (C=O) groups is 2. The van der Waals surface area contributed by atoms with Crippen LogP contribution in [0, 0.1) is 17.2 Å². The van der Waals surface area contributed by atoms with E-state index < -0.39 is 29.6 Å². The minimum atomic E-state index is -0.640. The monoisotopic (exact) mass is 436 g/mol. The molecule has 0 heterocycles. The molecule has 1 N–H and O–H groups in total. The lowest BCUT2D eigenvalue weighted by Gasteiger charge is -2.25. The second-order valence-corrected chi connectivity index (χ2v) is 8.66. The number of nitrogens with one attached hydrogen (secondary N) is 1. The largest absolute Gasteiger partial charge is 0.466 e. The summed E-state index contributed by atoms with van der Waals surface area (Å²) in [5.41, 5.74) is 2.59. The summed E-state index contributed by atoms with van der Waals surface area (Å²) in [7, 11) is 0. The summed E-state index contributed by atoms with van der Waals surface area (Å²) in [6, 6.07) is 19.8. The van der Waals surface area contributed by atoms with Crippen LogP contribution in [-0.4, -0.2) is 30.3 Å². The molecule has 0 radical (unpaired) electrons. The molecule has 0 aliphatic rings. The quantitative estimate of drug-likeness (QED) is 0.541. The predicted molar refractivity (Wildman–Crippen MR) is 124 cm³/mol. The average molecular weight is 437 g/mol. The number of ether oxygens (including phenoxy) is 2. The van der Waals surface area contributed by atoms with Crippen molar-refractivity contribution in [2.45, 2.75) is 58.6 Å². The summed E-state index contributed by atoms with van der Waals surface area (Å²) >= 11 is 0. The fourth-order valence-electron chi connectivity index (χ4n) is 3.39. The smallest absolute Gasteiger partial charge is 0.407 e. The van der Waals surface area contributed by atoms with E-state index in [1.165, 1.54) is 0 Å². The zero-order valence-corrected chi connectivity index (χ0v) is 19.3. The van der Waals surface area contributed by atoms with E-state index >= 15 is 0 Å². The molecule has 0 fully saturated rings. The van der Waals surface area contributed by atoms with Crippen LogP contribution in [-0.2, 0) is 20.7 Å². The van der Waals surface area contributed by atoms with Gasteiger partial charge in [-0.2, -0.15) is 5.26 Å². The van der Waals surface area contributed by atoms with E-state index in [0.29, 0.717) is 6.42 Å². The number of alkyl carbamates (subject to hydrolysis) is 1. The SMILES string of the molecule is CCOC(=O)C(CC#N)CC(Cc1ccc(-c2ccccc2)cc1)NC(=O)OC(C)(C)C. The Hall–Kier alpha value is -3.33. The van der Waals surface area contributed by atoms with Gasteiger partial charge in [0, 0.05) is 12.5 Å². The number of rotatable bonds is 9. The molecule has 0 aliphatic carbocycles. The van der Waals surface area contributed by atoms with Crippen LogP contribution in [0.25, 0.3) is 11.1 Å². The first kappa shape index (κ1) is 24.9. The number of hydrogen-bond acceptors (Lipinski definition) is 5. The Kier molecular flexibility index (Phi) is 9.27. The number of hydrogen-bond donors (Lipinski definition) is 1. The third-order valence-electron chi connectivity index (χ3n) is 4.79. The third-order valence-corrected chi connectivity index (χ3v) is 4.79. The Labute approximate surface area is 190 Å². The van der Waals surface area contributed by atoms with Gasteiger partial charge in [0.2, 0.25) is 0 Å². The van der Waals surface area contributed by atoms with Crippen molar-refractivity contribution in [3.8, 4) is 17.2 Å². The fraction of sp³-hybridized carbons (Fsp3) is 0.423. The molecule has 0 spiro atoms. The van der Waals surface area contributed by atoms with Crippen molar-refractivity contribution in [1.29, 1.82) is 5.26 Å². The van der Waals surface area contributed by atoms with E-state index in [1.807, 2.05) is 60.7 Å². The van der Waals surface area contributed by atoms with Gasteiger partial charge in [-0.05, 0) is 57.2 Å². The molecule has 2 aromatic rings. The standard InChI is InChI=1S/C26H32N2O4/c1-5-31-24(29)22(15-16-27)18-23(28-25(30)32-26(2,3)4)17-19-11-13-21(14-12-19)20-9-7-6-8-10-20/h6-14,22-23H,5,15,17-18H2,1-4H3,(H,28,30). The number of nitriles is 1. The lowest BCUT2D eigenvalue weighted by molar-refractivity contribution is -0.148. The van der Waals surface area contributed by atoms with Crippen molar-refractivity contribution in [3.05, 3.63) is 60.2 Å². The van der Waals surface area contributed by atoms with E-state index in [4.69, 9.17) is 14.7 Å². The van der Waals surface area contributed by atoms with Crippen LogP contribution < -0.4 is 5.32 Å². The lowest BCUT2D eigenvalue weighted by atomic mass is 9.92. The van der Waals surface area contributed by atoms with Gasteiger partial charge in [0.15, 0.2) is 0 Å². The normalized spacial score (nSPS) is 12.8. The second-order valence-electron chi connectivity index (χ2n) is 8.66. The molecule has 2 rings (SSSR count). The zero-order chi connectivity index (χ0) is 23.6. The molecular formula is C26H32N2O4. The topological polar surface area (TPSA) is 88.4 Å². The molecule has 2 aromatic carbocycles. The number of nitrogens with zero attached hydrogens (tertiary/aromatic N) is 1. The minimum absolute atomic E-state index is 0.0261. The summed E-state index contributed by atoms with van der Waals surface area (Å²) in [5.74, 6) is -1.05. The molecule has 32 heavy (non-hydrogen) atoms. The van der Waals surface area contributed by atoms with Crippen molar-refractivity contribution in [2.24, 2.45) is 5.92 Å². The van der Waals surface area contributed by atoms with E-state index in [2.05, 4.69) is 5.32 Å². The highest BCUT2D eigenvalue weighted by atomic mass is 16.6. The first-order chi connectivity index (χ1) is 15.2. The first-order valence-electron chi connectivity index (χ1n) is 10.9. The van der Waals surface area contributed by atoms with Crippen molar-refractivity contribution in [1.82, 2.24) is 5.32 Å². The number of esters is 1. The predicted octanol–water partition coefficient (Wildman–Crippen LogP) is 5.27. The van der Waals surface area contributed by atoms with Crippen LogP contribution in [0.5, 0.6) is 0 Å². The van der Waals surface area contributed by atoms with Gasteiger partial charge in [0.25, 0.3) is 0 Å². The van der Waals surface area contributed by atoms with Gasteiger partial charge >= 0.3 is 12.1 Å². The fourth-order valence-corrected chi connectivity index (χ4v) is 3.39. The molecule has 0 aromatic heterocycles. The third kappa shape index (κ3) is 8.43.